The molecule has 5 nitrogen and oxygen atoms in total. The van der Waals surface area contributed by atoms with Gasteiger partial charge in [-0.05, 0) is 25.2 Å². The first kappa shape index (κ1) is 10.6. The number of carbonyl (C=O) groups excluding carboxylic acids is 1. The van der Waals surface area contributed by atoms with Crippen LogP contribution in [-0.4, -0.2) is 36.5 Å². The molecule has 2 N–H and O–H groups in total. The van der Waals surface area contributed by atoms with Crippen molar-refractivity contribution in [1.29, 1.82) is 0 Å². The third-order valence-corrected chi connectivity index (χ3v) is 2.49. The van der Waals surface area contributed by atoms with Crippen molar-refractivity contribution in [1.82, 2.24) is 15.3 Å². The molecule has 0 spiro atoms. The number of benzene rings is 1. The van der Waals surface area contributed by atoms with Crippen molar-refractivity contribution in [3.63, 3.8) is 0 Å². The number of aromatic nitrogens is 2. The topological polar surface area (TPSA) is 61.0 Å². The van der Waals surface area contributed by atoms with Crippen molar-refractivity contribution in [2.24, 2.45) is 0 Å². The molecule has 1 amide bonds. The molecule has 0 radical (unpaired) electrons. The van der Waals surface area contributed by atoms with Gasteiger partial charge in [-0.25, -0.2) is 4.98 Å². The molecule has 2 aromatic rings. The number of amides is 1. The van der Waals surface area contributed by atoms with Crippen molar-refractivity contribution < 1.29 is 4.79 Å². The van der Waals surface area contributed by atoms with Gasteiger partial charge in [0.2, 0.25) is 5.91 Å². The summed E-state index contributed by atoms with van der Waals surface area (Å²) in [5.74, 6) is 0.0290. The van der Waals surface area contributed by atoms with Crippen molar-refractivity contribution in [2.45, 2.75) is 0 Å². The zero-order valence-corrected chi connectivity index (χ0v) is 9.32. The van der Waals surface area contributed by atoms with Gasteiger partial charge in [-0.15, -0.1) is 0 Å². The van der Waals surface area contributed by atoms with Crippen molar-refractivity contribution in [2.75, 3.05) is 25.5 Å². The van der Waals surface area contributed by atoms with E-state index in [2.05, 4.69) is 15.3 Å². The summed E-state index contributed by atoms with van der Waals surface area (Å²) in [4.78, 5) is 20.4. The fourth-order valence-corrected chi connectivity index (χ4v) is 1.55. The van der Waals surface area contributed by atoms with E-state index in [0.717, 1.165) is 16.7 Å². The van der Waals surface area contributed by atoms with E-state index in [9.17, 15) is 4.79 Å². The van der Waals surface area contributed by atoms with Gasteiger partial charge in [-0.2, -0.15) is 0 Å². The molecule has 0 aliphatic heterocycles. The lowest BCUT2D eigenvalue weighted by Crippen LogP contribution is -2.34. The monoisotopic (exact) mass is 218 g/mol. The van der Waals surface area contributed by atoms with Gasteiger partial charge in [0.15, 0.2) is 0 Å². The molecule has 1 heterocycles. The lowest BCUT2D eigenvalue weighted by Gasteiger charge is -2.16. The molecule has 1 aromatic heterocycles. The number of imidazole rings is 1. The number of carbonyl (C=O) groups is 1. The Morgan fingerprint density at radius 2 is 2.38 bits per heavy atom. The maximum absolute atomic E-state index is 11.7. The van der Waals surface area contributed by atoms with E-state index in [1.165, 1.54) is 0 Å². The van der Waals surface area contributed by atoms with Gasteiger partial charge in [0, 0.05) is 12.7 Å². The highest BCUT2D eigenvalue weighted by Crippen LogP contribution is 2.18. The van der Waals surface area contributed by atoms with Crippen LogP contribution in [0, 0.1) is 0 Å². The molecule has 0 aliphatic carbocycles. The maximum atomic E-state index is 11.7. The number of aromatic amines is 1. The fraction of sp³-hybridized carbons (Fsp3) is 0.273. The third kappa shape index (κ3) is 1.90. The number of nitrogens with one attached hydrogen (secondary N) is 2. The van der Waals surface area contributed by atoms with Crippen LogP contribution in [0.15, 0.2) is 24.5 Å². The van der Waals surface area contributed by atoms with Gasteiger partial charge in [0.1, 0.15) is 0 Å². The van der Waals surface area contributed by atoms with Crippen LogP contribution in [0.5, 0.6) is 0 Å². The Kier molecular flexibility index (Phi) is 2.87. The maximum Gasteiger partial charge on any atom is 0.240 e. The zero-order valence-electron chi connectivity index (χ0n) is 9.32. The summed E-state index contributed by atoms with van der Waals surface area (Å²) in [6, 6.07) is 5.69. The average molecular weight is 218 g/mol. The number of H-pyrrole nitrogens is 1. The Balaban J connectivity index is 2.28. The predicted molar refractivity (Wildman–Crippen MR) is 63.4 cm³/mol. The van der Waals surface area contributed by atoms with E-state index in [1.54, 1.807) is 25.3 Å². The molecule has 0 unspecified atom stereocenters. The molecular formula is C11H14N4O. The van der Waals surface area contributed by atoms with Gasteiger partial charge in [-0.1, -0.05) is 0 Å². The normalized spacial score (nSPS) is 10.6. The lowest BCUT2D eigenvalue weighted by atomic mass is 10.2. The SMILES string of the molecule is CNCC(=O)N(C)c1ccc2nc[nH]c2c1. The van der Waals surface area contributed by atoms with E-state index < -0.39 is 0 Å². The molecule has 1 aromatic carbocycles. The van der Waals surface area contributed by atoms with Crippen molar-refractivity contribution in [3.05, 3.63) is 24.5 Å². The minimum absolute atomic E-state index is 0.0290. The molecule has 5 heteroatoms. The summed E-state index contributed by atoms with van der Waals surface area (Å²) < 4.78 is 0. The zero-order chi connectivity index (χ0) is 11.5. The lowest BCUT2D eigenvalue weighted by molar-refractivity contribution is -0.117. The number of hydrogen-bond acceptors (Lipinski definition) is 3. The molecule has 16 heavy (non-hydrogen) atoms. The number of hydrogen-bond donors (Lipinski definition) is 2. The summed E-state index contributed by atoms with van der Waals surface area (Å²) >= 11 is 0. The summed E-state index contributed by atoms with van der Waals surface area (Å²) in [5.41, 5.74) is 2.69. The summed E-state index contributed by atoms with van der Waals surface area (Å²) in [7, 11) is 3.51. The molecule has 0 fully saturated rings. The Labute approximate surface area is 93.5 Å². The number of fused-ring (bicyclic) bond motifs is 1. The van der Waals surface area contributed by atoms with Gasteiger partial charge >= 0.3 is 0 Å². The van der Waals surface area contributed by atoms with Crippen LogP contribution in [-0.2, 0) is 4.79 Å². The second-order valence-electron chi connectivity index (χ2n) is 3.59. The van der Waals surface area contributed by atoms with Gasteiger partial charge in [0.25, 0.3) is 0 Å². The van der Waals surface area contributed by atoms with Crippen LogP contribution in [0.2, 0.25) is 0 Å². The smallest absolute Gasteiger partial charge is 0.240 e. The quantitative estimate of drug-likeness (QED) is 0.799. The second kappa shape index (κ2) is 4.32. The fourth-order valence-electron chi connectivity index (χ4n) is 1.55. The summed E-state index contributed by atoms with van der Waals surface area (Å²) in [5, 5.41) is 2.84. The Hall–Kier alpha value is -1.88. The summed E-state index contributed by atoms with van der Waals surface area (Å²) in [6.45, 7) is 0.331. The van der Waals surface area contributed by atoms with E-state index in [4.69, 9.17) is 0 Å². The highest BCUT2D eigenvalue weighted by atomic mass is 16.2. The van der Waals surface area contributed by atoms with Crippen LogP contribution in [0.25, 0.3) is 11.0 Å². The molecule has 0 bridgehead atoms. The molecule has 0 saturated carbocycles. The van der Waals surface area contributed by atoms with Crippen molar-refractivity contribution >= 4 is 22.6 Å². The third-order valence-electron chi connectivity index (χ3n) is 2.49. The van der Waals surface area contributed by atoms with Crippen LogP contribution in [0.4, 0.5) is 5.69 Å². The van der Waals surface area contributed by atoms with Crippen LogP contribution >= 0.6 is 0 Å². The Bertz CT molecular complexity index is 505. The van der Waals surface area contributed by atoms with Gasteiger partial charge < -0.3 is 15.2 Å². The largest absolute Gasteiger partial charge is 0.345 e. The van der Waals surface area contributed by atoms with E-state index >= 15 is 0 Å². The standard InChI is InChI=1S/C11H14N4O/c1-12-6-11(16)15(2)8-3-4-9-10(5-8)14-7-13-9/h3-5,7,12H,6H2,1-2H3,(H,13,14). The molecule has 84 valence electrons. The van der Waals surface area contributed by atoms with Gasteiger partial charge in [-0.3, -0.25) is 4.79 Å². The number of likely N-dealkylation sites (N-methyl/N-ethyl adjacent to an activating group) is 2. The van der Waals surface area contributed by atoms with Crippen LogP contribution in [0.1, 0.15) is 0 Å². The van der Waals surface area contributed by atoms with Crippen molar-refractivity contribution in [3.8, 4) is 0 Å². The first-order valence-electron chi connectivity index (χ1n) is 5.06. The molecular weight excluding hydrogens is 204 g/mol. The first-order chi connectivity index (χ1) is 7.72. The molecule has 0 aliphatic rings. The molecule has 2 rings (SSSR count). The predicted octanol–water partition coefficient (Wildman–Crippen LogP) is 0.745. The second-order valence-corrected chi connectivity index (χ2v) is 3.59. The summed E-state index contributed by atoms with van der Waals surface area (Å²) in [6.07, 6.45) is 1.64. The molecule has 0 atom stereocenters. The average Bonchev–Trinajstić information content (AvgIpc) is 2.75. The number of rotatable bonds is 3. The van der Waals surface area contributed by atoms with Gasteiger partial charge in [0.05, 0.1) is 23.9 Å². The van der Waals surface area contributed by atoms with Crippen LogP contribution < -0.4 is 10.2 Å². The van der Waals surface area contributed by atoms with E-state index in [1.807, 2.05) is 18.2 Å². The molecule has 0 saturated heterocycles. The first-order valence-corrected chi connectivity index (χ1v) is 5.06. The van der Waals surface area contributed by atoms with E-state index in [0.29, 0.717) is 6.54 Å². The Morgan fingerprint density at radius 1 is 1.56 bits per heavy atom. The highest BCUT2D eigenvalue weighted by Gasteiger charge is 2.10. The number of anilines is 1. The van der Waals surface area contributed by atoms with E-state index in [-0.39, 0.29) is 5.91 Å². The Morgan fingerprint density at radius 3 is 3.12 bits per heavy atom. The highest BCUT2D eigenvalue weighted by molar-refractivity contribution is 5.96. The van der Waals surface area contributed by atoms with Crippen LogP contribution in [0.3, 0.4) is 0 Å². The minimum Gasteiger partial charge on any atom is -0.345 e. The number of nitrogens with zero attached hydrogens (tertiary/aromatic N) is 2. The minimum atomic E-state index is 0.0290.